The molecule has 3 N–H and O–H groups in total. The summed E-state index contributed by atoms with van der Waals surface area (Å²) in [7, 11) is 0. The number of rotatable bonds is 5. The zero-order chi connectivity index (χ0) is 16.0. The van der Waals surface area contributed by atoms with Crippen LogP contribution in [0.4, 0.5) is 4.79 Å². The Morgan fingerprint density at radius 3 is 2.43 bits per heavy atom. The normalized spacial score (nSPS) is 12.5. The Bertz CT molecular complexity index is 507. The van der Waals surface area contributed by atoms with Gasteiger partial charge in [0.05, 0.1) is 5.92 Å². The van der Waals surface area contributed by atoms with Gasteiger partial charge >= 0.3 is 12.1 Å². The van der Waals surface area contributed by atoms with E-state index in [9.17, 15) is 19.8 Å². The van der Waals surface area contributed by atoms with Gasteiger partial charge < -0.3 is 20.3 Å². The van der Waals surface area contributed by atoms with Crippen LogP contribution in [-0.2, 0) is 16.0 Å². The van der Waals surface area contributed by atoms with Crippen LogP contribution in [0.25, 0.3) is 0 Å². The molecule has 0 spiro atoms. The number of benzene rings is 1. The molecule has 0 aromatic heterocycles. The second-order valence-electron chi connectivity index (χ2n) is 5.75. The maximum atomic E-state index is 11.5. The van der Waals surface area contributed by atoms with Crippen LogP contribution in [0.2, 0.25) is 0 Å². The maximum absolute atomic E-state index is 11.5. The van der Waals surface area contributed by atoms with Gasteiger partial charge in [-0.15, -0.1) is 0 Å². The topological polar surface area (TPSA) is 95.9 Å². The lowest BCUT2D eigenvalue weighted by Crippen LogP contribution is -2.37. The van der Waals surface area contributed by atoms with Gasteiger partial charge in [0.15, 0.2) is 0 Å². The van der Waals surface area contributed by atoms with Crippen molar-refractivity contribution in [3.05, 3.63) is 29.8 Å². The minimum atomic E-state index is -1.05. The smallest absolute Gasteiger partial charge is 0.407 e. The van der Waals surface area contributed by atoms with Crippen molar-refractivity contribution in [3.63, 3.8) is 0 Å². The van der Waals surface area contributed by atoms with E-state index in [1.807, 2.05) is 0 Å². The zero-order valence-corrected chi connectivity index (χ0v) is 12.4. The summed E-state index contributed by atoms with van der Waals surface area (Å²) in [5, 5.41) is 21.3. The van der Waals surface area contributed by atoms with E-state index in [-0.39, 0.29) is 18.7 Å². The zero-order valence-electron chi connectivity index (χ0n) is 12.4. The predicted molar refractivity (Wildman–Crippen MR) is 77.2 cm³/mol. The summed E-state index contributed by atoms with van der Waals surface area (Å²) < 4.78 is 5.05. The summed E-state index contributed by atoms with van der Waals surface area (Å²) in [4.78, 5) is 22.8. The number of amides is 1. The molecule has 1 atom stereocenters. The van der Waals surface area contributed by atoms with Crippen LogP contribution >= 0.6 is 0 Å². The van der Waals surface area contributed by atoms with E-state index in [2.05, 4.69) is 5.32 Å². The number of aliphatic carboxylic acids is 1. The number of ether oxygens (including phenoxy) is 1. The summed E-state index contributed by atoms with van der Waals surface area (Å²) in [5.41, 5.74) is -0.114. The summed E-state index contributed by atoms with van der Waals surface area (Å²) in [5.74, 6) is -1.85. The lowest BCUT2D eigenvalue weighted by molar-refractivity contribution is -0.141. The molecule has 1 aromatic carbocycles. The summed E-state index contributed by atoms with van der Waals surface area (Å²) >= 11 is 0. The monoisotopic (exact) mass is 295 g/mol. The first-order chi connectivity index (χ1) is 9.69. The highest BCUT2D eigenvalue weighted by Gasteiger charge is 2.22. The molecule has 1 aromatic rings. The molecule has 1 unspecified atom stereocenters. The SMILES string of the molecule is CC(C)(C)OC(=O)NCC(Cc1ccccc1O)C(=O)O. The number of phenolic OH excluding ortho intramolecular Hbond substituents is 1. The van der Waals surface area contributed by atoms with E-state index < -0.39 is 23.6 Å². The Labute approximate surface area is 123 Å². The van der Waals surface area contributed by atoms with Crippen molar-refractivity contribution in [1.82, 2.24) is 5.32 Å². The fourth-order valence-corrected chi connectivity index (χ4v) is 1.72. The molecule has 0 fully saturated rings. The Kier molecular flexibility index (Phi) is 5.58. The van der Waals surface area contributed by atoms with Crippen molar-refractivity contribution in [3.8, 4) is 5.75 Å². The quantitative estimate of drug-likeness (QED) is 0.773. The van der Waals surface area contributed by atoms with Crippen molar-refractivity contribution < 1.29 is 24.5 Å². The molecule has 0 heterocycles. The number of carboxylic acid groups (broad SMARTS) is 1. The van der Waals surface area contributed by atoms with E-state index >= 15 is 0 Å². The van der Waals surface area contributed by atoms with Gasteiger partial charge in [-0.05, 0) is 38.8 Å². The van der Waals surface area contributed by atoms with Crippen molar-refractivity contribution in [2.75, 3.05) is 6.54 Å². The van der Waals surface area contributed by atoms with Gasteiger partial charge in [0.1, 0.15) is 11.4 Å². The third kappa shape index (κ3) is 6.16. The van der Waals surface area contributed by atoms with Gasteiger partial charge in [-0.3, -0.25) is 4.79 Å². The molecule has 116 valence electrons. The van der Waals surface area contributed by atoms with Crippen LogP contribution in [-0.4, -0.2) is 34.4 Å². The first kappa shape index (κ1) is 16.8. The highest BCUT2D eigenvalue weighted by molar-refractivity contribution is 5.73. The van der Waals surface area contributed by atoms with Crippen LogP contribution in [0.3, 0.4) is 0 Å². The molecule has 21 heavy (non-hydrogen) atoms. The standard InChI is InChI=1S/C15H21NO5/c1-15(2,3)21-14(20)16-9-11(13(18)19)8-10-6-4-5-7-12(10)17/h4-7,11,17H,8-9H2,1-3H3,(H,16,20)(H,18,19). The van der Waals surface area contributed by atoms with Crippen LogP contribution in [0.1, 0.15) is 26.3 Å². The minimum absolute atomic E-state index is 0.0426. The van der Waals surface area contributed by atoms with Crippen molar-refractivity contribution in [2.24, 2.45) is 5.92 Å². The number of hydrogen-bond acceptors (Lipinski definition) is 4. The average Bonchev–Trinajstić information content (AvgIpc) is 2.34. The molecule has 0 aliphatic carbocycles. The first-order valence-corrected chi connectivity index (χ1v) is 6.65. The lowest BCUT2D eigenvalue weighted by Gasteiger charge is -2.21. The fourth-order valence-electron chi connectivity index (χ4n) is 1.72. The molecule has 0 aliphatic rings. The molecule has 0 saturated carbocycles. The number of hydrogen-bond donors (Lipinski definition) is 3. The van der Waals surface area contributed by atoms with Gasteiger partial charge in [-0.25, -0.2) is 4.79 Å². The molecule has 1 rings (SSSR count). The number of alkyl carbamates (subject to hydrolysis) is 1. The maximum Gasteiger partial charge on any atom is 0.407 e. The second-order valence-corrected chi connectivity index (χ2v) is 5.75. The van der Waals surface area contributed by atoms with Gasteiger partial charge in [-0.2, -0.15) is 0 Å². The molecular formula is C15H21NO5. The Balaban J connectivity index is 2.61. The molecule has 0 aliphatic heterocycles. The van der Waals surface area contributed by atoms with E-state index in [4.69, 9.17) is 4.74 Å². The van der Waals surface area contributed by atoms with Crippen molar-refractivity contribution in [2.45, 2.75) is 32.8 Å². The number of aromatic hydroxyl groups is 1. The van der Waals surface area contributed by atoms with E-state index in [1.54, 1.807) is 39.0 Å². The molecule has 0 bridgehead atoms. The number of carbonyl (C=O) groups is 2. The molecule has 1 amide bonds. The van der Waals surface area contributed by atoms with Crippen LogP contribution in [0.15, 0.2) is 24.3 Å². The Hall–Kier alpha value is -2.24. The fraction of sp³-hybridized carbons (Fsp3) is 0.467. The van der Waals surface area contributed by atoms with Crippen LogP contribution in [0, 0.1) is 5.92 Å². The van der Waals surface area contributed by atoms with Crippen molar-refractivity contribution in [1.29, 1.82) is 0 Å². The van der Waals surface area contributed by atoms with Gasteiger partial charge in [0.25, 0.3) is 0 Å². The molecule has 0 radical (unpaired) electrons. The lowest BCUT2D eigenvalue weighted by atomic mass is 9.99. The largest absolute Gasteiger partial charge is 0.508 e. The molecule has 0 saturated heterocycles. The third-order valence-electron chi connectivity index (χ3n) is 2.70. The molecule has 6 heteroatoms. The number of para-hydroxylation sites is 1. The molecule has 6 nitrogen and oxygen atoms in total. The predicted octanol–water partition coefficient (Wildman–Crippen LogP) is 2.16. The van der Waals surface area contributed by atoms with E-state index in [1.165, 1.54) is 6.07 Å². The number of nitrogens with one attached hydrogen (secondary N) is 1. The average molecular weight is 295 g/mol. The van der Waals surface area contributed by atoms with Crippen LogP contribution < -0.4 is 5.32 Å². The second kappa shape index (κ2) is 6.97. The highest BCUT2D eigenvalue weighted by atomic mass is 16.6. The number of phenols is 1. The number of carbonyl (C=O) groups excluding carboxylic acids is 1. The van der Waals surface area contributed by atoms with E-state index in [0.29, 0.717) is 5.56 Å². The van der Waals surface area contributed by atoms with E-state index in [0.717, 1.165) is 0 Å². The summed E-state index contributed by atoms with van der Waals surface area (Å²) in [6.07, 6.45) is -0.538. The molecular weight excluding hydrogens is 274 g/mol. The van der Waals surface area contributed by atoms with Gasteiger partial charge in [0, 0.05) is 6.54 Å². The summed E-state index contributed by atoms with van der Waals surface area (Å²) in [6, 6.07) is 6.52. The third-order valence-corrected chi connectivity index (χ3v) is 2.70. The van der Waals surface area contributed by atoms with Gasteiger partial charge in [-0.1, -0.05) is 18.2 Å². The Morgan fingerprint density at radius 1 is 1.29 bits per heavy atom. The minimum Gasteiger partial charge on any atom is -0.508 e. The van der Waals surface area contributed by atoms with Gasteiger partial charge in [0.2, 0.25) is 0 Å². The van der Waals surface area contributed by atoms with Crippen LogP contribution in [0.5, 0.6) is 5.75 Å². The highest BCUT2D eigenvalue weighted by Crippen LogP contribution is 2.19. The number of carboxylic acids is 1. The summed E-state index contributed by atoms with van der Waals surface area (Å²) in [6.45, 7) is 5.11. The van der Waals surface area contributed by atoms with Crippen molar-refractivity contribution >= 4 is 12.1 Å². The first-order valence-electron chi connectivity index (χ1n) is 6.65. The Morgan fingerprint density at radius 2 is 1.90 bits per heavy atom.